The summed E-state index contributed by atoms with van der Waals surface area (Å²) in [6.07, 6.45) is 0. The van der Waals surface area contributed by atoms with Crippen LogP contribution in [0.15, 0.2) is 59.1 Å². The number of halogens is 1. The second kappa shape index (κ2) is 6.76. The molecule has 1 atom stereocenters. The minimum atomic E-state index is -0.932. The molecule has 3 nitrogen and oxygen atoms in total. The minimum Gasteiger partial charge on any atom is -0.464 e. The van der Waals surface area contributed by atoms with Gasteiger partial charge in [-0.3, -0.25) is 0 Å². The fourth-order valence-electron chi connectivity index (χ4n) is 2.14. The number of ether oxygens (including phenoxy) is 1. The molecular weight excluding hydrogens is 330 g/mol. The molecule has 0 aliphatic heterocycles. The van der Waals surface area contributed by atoms with Crippen LogP contribution in [0.2, 0.25) is 0 Å². The number of nitrogens with one attached hydrogen (secondary N) is 1. The van der Waals surface area contributed by atoms with Gasteiger partial charge in [0.25, 0.3) is 0 Å². The molecule has 0 saturated carbocycles. The van der Waals surface area contributed by atoms with Gasteiger partial charge in [0.15, 0.2) is 5.54 Å². The van der Waals surface area contributed by atoms with Crippen molar-refractivity contribution >= 4 is 27.6 Å². The van der Waals surface area contributed by atoms with Crippen LogP contribution in [-0.2, 0) is 15.1 Å². The van der Waals surface area contributed by atoms with E-state index in [-0.39, 0.29) is 5.97 Å². The van der Waals surface area contributed by atoms with Crippen molar-refractivity contribution in [1.82, 2.24) is 0 Å². The van der Waals surface area contributed by atoms with Gasteiger partial charge in [-0.15, -0.1) is 0 Å². The lowest BCUT2D eigenvalue weighted by Gasteiger charge is -2.30. The number of hydrogen-bond donors (Lipinski definition) is 1. The molecule has 21 heavy (non-hydrogen) atoms. The van der Waals surface area contributed by atoms with E-state index in [1.165, 1.54) is 0 Å². The van der Waals surface area contributed by atoms with Crippen molar-refractivity contribution in [3.8, 4) is 0 Å². The molecule has 2 aromatic rings. The van der Waals surface area contributed by atoms with E-state index in [0.29, 0.717) is 6.61 Å². The van der Waals surface area contributed by atoms with Gasteiger partial charge in [-0.05, 0) is 37.6 Å². The molecule has 2 rings (SSSR count). The van der Waals surface area contributed by atoms with Crippen LogP contribution in [-0.4, -0.2) is 12.6 Å². The van der Waals surface area contributed by atoms with E-state index in [9.17, 15) is 4.79 Å². The summed E-state index contributed by atoms with van der Waals surface area (Å²) >= 11 is 3.44. The maximum Gasteiger partial charge on any atom is 0.336 e. The smallest absolute Gasteiger partial charge is 0.336 e. The zero-order chi connectivity index (χ0) is 15.3. The zero-order valence-electron chi connectivity index (χ0n) is 12.1. The van der Waals surface area contributed by atoms with Crippen LogP contribution in [0.1, 0.15) is 19.4 Å². The molecule has 110 valence electrons. The highest BCUT2D eigenvalue weighted by Gasteiger charge is 2.36. The van der Waals surface area contributed by atoms with E-state index in [1.807, 2.05) is 68.4 Å². The van der Waals surface area contributed by atoms with Gasteiger partial charge in [0.1, 0.15) is 0 Å². The van der Waals surface area contributed by atoms with Gasteiger partial charge in [-0.25, -0.2) is 4.79 Å². The van der Waals surface area contributed by atoms with Crippen LogP contribution < -0.4 is 5.32 Å². The minimum absolute atomic E-state index is 0.295. The molecular formula is C17H18BrNO2. The molecule has 0 aliphatic carbocycles. The van der Waals surface area contributed by atoms with Crippen molar-refractivity contribution in [2.75, 3.05) is 11.9 Å². The highest BCUT2D eigenvalue weighted by Crippen LogP contribution is 2.28. The van der Waals surface area contributed by atoms with Gasteiger partial charge in [0, 0.05) is 10.2 Å². The Morgan fingerprint density at radius 1 is 1.19 bits per heavy atom. The Balaban J connectivity index is 2.39. The molecule has 0 saturated heterocycles. The summed E-state index contributed by atoms with van der Waals surface area (Å²) in [7, 11) is 0. The first-order valence-electron chi connectivity index (χ1n) is 6.83. The monoisotopic (exact) mass is 347 g/mol. The van der Waals surface area contributed by atoms with Crippen LogP contribution in [0.25, 0.3) is 0 Å². The molecule has 4 heteroatoms. The second-order valence-corrected chi connectivity index (χ2v) is 5.76. The van der Waals surface area contributed by atoms with Crippen LogP contribution in [0.4, 0.5) is 5.69 Å². The molecule has 2 aromatic carbocycles. The molecule has 0 aliphatic rings. The quantitative estimate of drug-likeness (QED) is 0.817. The molecule has 0 aromatic heterocycles. The van der Waals surface area contributed by atoms with E-state index in [0.717, 1.165) is 15.7 Å². The Hall–Kier alpha value is -1.81. The summed E-state index contributed by atoms with van der Waals surface area (Å²) in [4.78, 5) is 12.5. The second-order valence-electron chi connectivity index (χ2n) is 4.85. The van der Waals surface area contributed by atoms with Crippen molar-refractivity contribution < 1.29 is 9.53 Å². The predicted molar refractivity (Wildman–Crippen MR) is 88.2 cm³/mol. The van der Waals surface area contributed by atoms with E-state index in [4.69, 9.17) is 4.74 Å². The first-order valence-corrected chi connectivity index (χ1v) is 7.62. The average molecular weight is 348 g/mol. The molecule has 0 heterocycles. The predicted octanol–water partition coefficient (Wildman–Crippen LogP) is 4.34. The van der Waals surface area contributed by atoms with Gasteiger partial charge < -0.3 is 10.1 Å². The molecule has 0 fully saturated rings. The summed E-state index contributed by atoms with van der Waals surface area (Å²) in [5.41, 5.74) is 0.783. The van der Waals surface area contributed by atoms with Gasteiger partial charge in [-0.1, -0.05) is 52.3 Å². The Morgan fingerprint density at radius 2 is 1.90 bits per heavy atom. The fourth-order valence-corrected chi connectivity index (χ4v) is 2.54. The third kappa shape index (κ3) is 3.64. The molecule has 1 unspecified atom stereocenters. The van der Waals surface area contributed by atoms with E-state index in [2.05, 4.69) is 21.2 Å². The zero-order valence-corrected chi connectivity index (χ0v) is 13.7. The van der Waals surface area contributed by atoms with Crippen LogP contribution in [0.5, 0.6) is 0 Å². The van der Waals surface area contributed by atoms with Gasteiger partial charge in [0.2, 0.25) is 0 Å². The van der Waals surface area contributed by atoms with Crippen molar-refractivity contribution in [3.05, 3.63) is 64.6 Å². The number of benzene rings is 2. The third-order valence-corrected chi connectivity index (χ3v) is 3.75. The standard InChI is InChI=1S/C17H18BrNO2/c1-3-21-16(20)17(2,13-8-5-4-6-9-13)19-15-11-7-10-14(18)12-15/h4-12,19H,3H2,1-2H3. The largest absolute Gasteiger partial charge is 0.464 e. The van der Waals surface area contributed by atoms with E-state index < -0.39 is 5.54 Å². The SMILES string of the molecule is CCOC(=O)C(C)(Nc1cccc(Br)c1)c1ccccc1. The normalized spacial score (nSPS) is 13.3. The van der Waals surface area contributed by atoms with Gasteiger partial charge in [0.05, 0.1) is 6.61 Å². The highest BCUT2D eigenvalue weighted by molar-refractivity contribution is 9.10. The topological polar surface area (TPSA) is 38.3 Å². The summed E-state index contributed by atoms with van der Waals surface area (Å²) in [6, 6.07) is 17.3. The number of hydrogen-bond acceptors (Lipinski definition) is 3. The fraction of sp³-hybridized carbons (Fsp3) is 0.235. The molecule has 0 spiro atoms. The molecule has 1 N–H and O–H groups in total. The number of esters is 1. The summed E-state index contributed by atoms with van der Waals surface area (Å²) in [5.74, 6) is -0.295. The van der Waals surface area contributed by atoms with Crippen molar-refractivity contribution in [2.45, 2.75) is 19.4 Å². The average Bonchev–Trinajstić information content (AvgIpc) is 2.48. The molecule has 0 bridgehead atoms. The maximum atomic E-state index is 12.5. The van der Waals surface area contributed by atoms with Crippen molar-refractivity contribution in [2.24, 2.45) is 0 Å². The molecule has 0 amide bonds. The number of rotatable bonds is 5. The van der Waals surface area contributed by atoms with Crippen LogP contribution >= 0.6 is 15.9 Å². The summed E-state index contributed by atoms with van der Waals surface area (Å²) in [5, 5.41) is 3.29. The number of anilines is 1. The first-order chi connectivity index (χ1) is 10.1. The van der Waals surface area contributed by atoms with Gasteiger partial charge in [-0.2, -0.15) is 0 Å². The van der Waals surface area contributed by atoms with Gasteiger partial charge >= 0.3 is 5.97 Å². The highest BCUT2D eigenvalue weighted by atomic mass is 79.9. The van der Waals surface area contributed by atoms with E-state index >= 15 is 0 Å². The summed E-state index contributed by atoms with van der Waals surface area (Å²) < 4.78 is 6.20. The Kier molecular flexibility index (Phi) is 5.02. The molecule has 0 radical (unpaired) electrons. The van der Waals surface area contributed by atoms with Crippen LogP contribution in [0.3, 0.4) is 0 Å². The summed E-state index contributed by atoms with van der Waals surface area (Å²) in [6.45, 7) is 3.99. The lowest BCUT2D eigenvalue weighted by atomic mass is 9.91. The lowest BCUT2D eigenvalue weighted by molar-refractivity contribution is -0.148. The Labute approximate surface area is 133 Å². The first kappa shape index (κ1) is 15.6. The van der Waals surface area contributed by atoms with Crippen molar-refractivity contribution in [1.29, 1.82) is 0 Å². The number of carbonyl (C=O) groups is 1. The Bertz CT molecular complexity index is 615. The van der Waals surface area contributed by atoms with Crippen molar-refractivity contribution in [3.63, 3.8) is 0 Å². The maximum absolute atomic E-state index is 12.5. The van der Waals surface area contributed by atoms with Crippen LogP contribution in [0, 0.1) is 0 Å². The van der Waals surface area contributed by atoms with E-state index in [1.54, 1.807) is 0 Å². The number of carbonyl (C=O) groups excluding carboxylic acids is 1. The lowest BCUT2D eigenvalue weighted by Crippen LogP contribution is -2.42. The Morgan fingerprint density at radius 3 is 2.52 bits per heavy atom. The third-order valence-electron chi connectivity index (χ3n) is 3.25.